The van der Waals surface area contributed by atoms with Gasteiger partial charge in [-0.05, 0) is 0 Å². The molecule has 3 rings (SSSR count). The number of rotatable bonds is 4. The largest absolute Gasteiger partial charge is 0.354 e. The second-order valence-corrected chi connectivity index (χ2v) is 6.00. The minimum atomic E-state index is -0.189. The molecule has 1 aromatic heterocycles. The second-order valence-electron chi connectivity index (χ2n) is 6.00. The first-order valence-corrected chi connectivity index (χ1v) is 8.32. The molecule has 2 N–H and O–H groups in total. The van der Waals surface area contributed by atoms with Crippen LogP contribution in [0.2, 0.25) is 0 Å². The maximum Gasteiger partial charge on any atom is 0.317 e. The summed E-state index contributed by atoms with van der Waals surface area (Å²) in [6, 6.07) is 9.39. The molecule has 8 heteroatoms. The Morgan fingerprint density at radius 2 is 2.16 bits per heavy atom. The lowest BCUT2D eigenvalue weighted by Crippen LogP contribution is -2.42. The topological polar surface area (TPSA) is 100 Å². The lowest BCUT2D eigenvalue weighted by Gasteiger charge is -2.20. The van der Waals surface area contributed by atoms with Crippen LogP contribution in [-0.4, -0.2) is 53.2 Å². The van der Waals surface area contributed by atoms with E-state index >= 15 is 0 Å². The highest BCUT2D eigenvalue weighted by Crippen LogP contribution is 2.19. The Labute approximate surface area is 145 Å². The van der Waals surface area contributed by atoms with Gasteiger partial charge in [0.2, 0.25) is 17.6 Å². The van der Waals surface area contributed by atoms with Gasteiger partial charge in [0.05, 0.1) is 5.92 Å². The lowest BCUT2D eigenvalue weighted by atomic mass is 10.2. The van der Waals surface area contributed by atoms with Crippen molar-refractivity contribution in [1.82, 2.24) is 25.7 Å². The van der Waals surface area contributed by atoms with Crippen LogP contribution in [0.25, 0.3) is 11.4 Å². The van der Waals surface area contributed by atoms with Gasteiger partial charge in [-0.15, -0.1) is 0 Å². The van der Waals surface area contributed by atoms with Crippen molar-refractivity contribution >= 4 is 11.9 Å². The van der Waals surface area contributed by atoms with E-state index in [9.17, 15) is 9.59 Å². The van der Waals surface area contributed by atoms with E-state index in [0.29, 0.717) is 44.3 Å². The van der Waals surface area contributed by atoms with E-state index in [1.54, 1.807) is 4.90 Å². The normalized spacial score (nSPS) is 16.0. The zero-order chi connectivity index (χ0) is 17.6. The summed E-state index contributed by atoms with van der Waals surface area (Å²) in [5, 5.41) is 9.60. The quantitative estimate of drug-likeness (QED) is 0.873. The van der Waals surface area contributed by atoms with E-state index in [1.807, 2.05) is 37.3 Å². The molecular weight excluding hydrogens is 322 g/mol. The van der Waals surface area contributed by atoms with Crippen LogP contribution in [0.15, 0.2) is 34.9 Å². The SMILES string of the molecule is C[C@H](CNC(=O)N1CCNC(=O)CC1)c1nc(-c2ccccc2)no1. The molecule has 1 saturated heterocycles. The summed E-state index contributed by atoms with van der Waals surface area (Å²) in [4.78, 5) is 29.6. The van der Waals surface area contributed by atoms with Crippen molar-refractivity contribution in [1.29, 1.82) is 0 Å². The summed E-state index contributed by atoms with van der Waals surface area (Å²) in [6.45, 7) is 3.70. The molecule has 25 heavy (non-hydrogen) atoms. The summed E-state index contributed by atoms with van der Waals surface area (Å²) in [5.41, 5.74) is 0.885. The van der Waals surface area contributed by atoms with Crippen LogP contribution in [0.3, 0.4) is 0 Å². The summed E-state index contributed by atoms with van der Waals surface area (Å²) in [6.07, 6.45) is 0.326. The average Bonchev–Trinajstić information content (AvgIpc) is 3.03. The van der Waals surface area contributed by atoms with Crippen LogP contribution in [-0.2, 0) is 4.79 Å². The fourth-order valence-electron chi connectivity index (χ4n) is 2.55. The molecule has 2 aromatic rings. The second kappa shape index (κ2) is 7.78. The number of aromatic nitrogens is 2. The zero-order valence-electron chi connectivity index (χ0n) is 14.1. The van der Waals surface area contributed by atoms with Crippen molar-refractivity contribution in [3.8, 4) is 11.4 Å². The molecule has 0 spiro atoms. The minimum Gasteiger partial charge on any atom is -0.354 e. The Hall–Kier alpha value is -2.90. The van der Waals surface area contributed by atoms with Gasteiger partial charge < -0.3 is 20.1 Å². The number of nitrogens with zero attached hydrogens (tertiary/aromatic N) is 3. The van der Waals surface area contributed by atoms with Gasteiger partial charge in [0.1, 0.15) is 0 Å². The van der Waals surface area contributed by atoms with Crippen molar-refractivity contribution in [3.63, 3.8) is 0 Å². The first-order chi connectivity index (χ1) is 12.1. The molecule has 2 heterocycles. The maximum atomic E-state index is 12.2. The van der Waals surface area contributed by atoms with E-state index in [-0.39, 0.29) is 17.9 Å². The highest BCUT2D eigenvalue weighted by molar-refractivity contribution is 5.79. The van der Waals surface area contributed by atoms with Crippen molar-refractivity contribution in [2.24, 2.45) is 0 Å². The third-order valence-electron chi connectivity index (χ3n) is 4.05. The molecule has 0 saturated carbocycles. The molecule has 0 bridgehead atoms. The zero-order valence-corrected chi connectivity index (χ0v) is 14.1. The van der Waals surface area contributed by atoms with Crippen molar-refractivity contribution in [3.05, 3.63) is 36.2 Å². The van der Waals surface area contributed by atoms with Gasteiger partial charge in [0.25, 0.3) is 0 Å². The molecule has 132 valence electrons. The Balaban J connectivity index is 1.54. The molecule has 8 nitrogen and oxygen atoms in total. The molecule has 1 fully saturated rings. The molecule has 1 aliphatic rings. The molecule has 0 aliphatic carbocycles. The molecule has 0 radical (unpaired) electrons. The van der Waals surface area contributed by atoms with Crippen LogP contribution in [0.4, 0.5) is 4.79 Å². The monoisotopic (exact) mass is 343 g/mol. The highest BCUT2D eigenvalue weighted by atomic mass is 16.5. The first-order valence-electron chi connectivity index (χ1n) is 8.32. The average molecular weight is 343 g/mol. The summed E-state index contributed by atoms with van der Waals surface area (Å²) >= 11 is 0. The minimum absolute atomic E-state index is 0.0250. The van der Waals surface area contributed by atoms with Crippen LogP contribution in [0.5, 0.6) is 0 Å². The number of urea groups is 1. The van der Waals surface area contributed by atoms with Gasteiger partial charge in [-0.2, -0.15) is 4.98 Å². The van der Waals surface area contributed by atoms with Crippen LogP contribution >= 0.6 is 0 Å². The van der Waals surface area contributed by atoms with Crippen molar-refractivity contribution < 1.29 is 14.1 Å². The number of nitrogens with one attached hydrogen (secondary N) is 2. The molecule has 1 aliphatic heterocycles. The number of benzene rings is 1. The van der Waals surface area contributed by atoms with Gasteiger partial charge in [0, 0.05) is 38.2 Å². The number of amides is 3. The smallest absolute Gasteiger partial charge is 0.317 e. The number of carbonyl (C=O) groups excluding carboxylic acids is 2. The van der Waals surface area contributed by atoms with E-state index in [1.165, 1.54) is 0 Å². The van der Waals surface area contributed by atoms with E-state index in [4.69, 9.17) is 4.52 Å². The third kappa shape index (κ3) is 4.34. The third-order valence-corrected chi connectivity index (χ3v) is 4.05. The fraction of sp³-hybridized carbons (Fsp3) is 0.412. The number of hydrogen-bond donors (Lipinski definition) is 2. The highest BCUT2D eigenvalue weighted by Gasteiger charge is 2.20. The van der Waals surface area contributed by atoms with Gasteiger partial charge in [-0.25, -0.2) is 4.79 Å². The van der Waals surface area contributed by atoms with Crippen LogP contribution in [0, 0.1) is 0 Å². The van der Waals surface area contributed by atoms with Gasteiger partial charge in [-0.1, -0.05) is 42.4 Å². The van der Waals surface area contributed by atoms with Crippen molar-refractivity contribution in [2.75, 3.05) is 26.2 Å². The fourth-order valence-corrected chi connectivity index (χ4v) is 2.55. The van der Waals surface area contributed by atoms with E-state index in [2.05, 4.69) is 20.8 Å². The Morgan fingerprint density at radius 3 is 2.96 bits per heavy atom. The summed E-state index contributed by atoms with van der Waals surface area (Å²) in [7, 11) is 0. The molecule has 1 atom stereocenters. The Kier molecular flexibility index (Phi) is 5.27. The first kappa shape index (κ1) is 16.9. The predicted octanol–water partition coefficient (Wildman–Crippen LogP) is 1.37. The molecular formula is C17H21N5O3. The molecule has 1 aromatic carbocycles. The number of carbonyl (C=O) groups is 2. The van der Waals surface area contributed by atoms with Crippen molar-refractivity contribution in [2.45, 2.75) is 19.3 Å². The number of hydrogen-bond acceptors (Lipinski definition) is 5. The Bertz CT molecular complexity index is 731. The Morgan fingerprint density at radius 1 is 1.36 bits per heavy atom. The summed E-state index contributed by atoms with van der Waals surface area (Å²) in [5.74, 6) is 0.876. The van der Waals surface area contributed by atoms with Crippen LogP contribution in [0.1, 0.15) is 25.2 Å². The van der Waals surface area contributed by atoms with E-state index < -0.39 is 0 Å². The van der Waals surface area contributed by atoms with Gasteiger partial charge in [-0.3, -0.25) is 4.79 Å². The van der Waals surface area contributed by atoms with Gasteiger partial charge in [0.15, 0.2) is 0 Å². The molecule has 0 unspecified atom stereocenters. The molecule has 3 amide bonds. The predicted molar refractivity (Wildman–Crippen MR) is 90.7 cm³/mol. The van der Waals surface area contributed by atoms with Gasteiger partial charge >= 0.3 is 6.03 Å². The van der Waals surface area contributed by atoms with Crippen LogP contribution < -0.4 is 10.6 Å². The standard InChI is InChI=1S/C17H21N5O3/c1-12(11-19-17(24)22-9-7-14(23)18-8-10-22)16-20-15(21-25-16)13-5-3-2-4-6-13/h2-6,12H,7-11H2,1H3,(H,18,23)(H,19,24)/t12-/m1/s1. The maximum absolute atomic E-state index is 12.2. The summed E-state index contributed by atoms with van der Waals surface area (Å²) < 4.78 is 5.31. The van der Waals surface area contributed by atoms with E-state index in [0.717, 1.165) is 5.56 Å². The lowest BCUT2D eigenvalue weighted by molar-refractivity contribution is -0.120.